The van der Waals surface area contributed by atoms with E-state index >= 15 is 0 Å². The molecule has 0 spiro atoms. The molecule has 1 atom stereocenters. The van der Waals surface area contributed by atoms with Gasteiger partial charge in [-0.3, -0.25) is 9.59 Å². The van der Waals surface area contributed by atoms with E-state index in [4.69, 9.17) is 4.74 Å². The third kappa shape index (κ3) is 5.02. The number of rotatable bonds is 7. The van der Waals surface area contributed by atoms with E-state index in [-0.39, 0.29) is 11.9 Å². The zero-order valence-electron chi connectivity index (χ0n) is 15.3. The lowest BCUT2D eigenvalue weighted by Crippen LogP contribution is -2.29. The van der Waals surface area contributed by atoms with Crippen molar-refractivity contribution < 1.29 is 14.3 Å². The van der Waals surface area contributed by atoms with Crippen molar-refractivity contribution in [1.29, 1.82) is 0 Å². The van der Waals surface area contributed by atoms with Gasteiger partial charge < -0.3 is 4.74 Å². The first-order valence-corrected chi connectivity index (χ1v) is 8.65. The lowest BCUT2D eigenvalue weighted by atomic mass is 9.91. The van der Waals surface area contributed by atoms with Crippen molar-refractivity contribution in [2.45, 2.75) is 26.7 Å². The number of hydrogen-bond acceptors (Lipinski definition) is 4. The number of esters is 1. The maximum absolute atomic E-state index is 12.8. The zero-order chi connectivity index (χ0) is 18.9. The molecule has 136 valence electrons. The molecule has 1 N–H and O–H groups in total. The fourth-order valence-corrected chi connectivity index (χ4v) is 2.53. The number of carbonyl (C=O) groups excluding carboxylic acids is 2. The van der Waals surface area contributed by atoms with Gasteiger partial charge in [0.2, 0.25) is 0 Å². The molecule has 0 aliphatic rings. The summed E-state index contributed by atoms with van der Waals surface area (Å²) >= 11 is 0. The Labute approximate surface area is 154 Å². The van der Waals surface area contributed by atoms with Gasteiger partial charge in [0.25, 0.3) is 5.91 Å². The van der Waals surface area contributed by atoms with Gasteiger partial charge in [0.1, 0.15) is 0 Å². The van der Waals surface area contributed by atoms with Gasteiger partial charge in [-0.1, -0.05) is 60.7 Å². The van der Waals surface area contributed by atoms with E-state index in [0.29, 0.717) is 12.3 Å². The van der Waals surface area contributed by atoms with Crippen LogP contribution in [0.3, 0.4) is 0 Å². The molecule has 26 heavy (non-hydrogen) atoms. The fourth-order valence-electron chi connectivity index (χ4n) is 2.53. The Morgan fingerprint density at radius 2 is 1.50 bits per heavy atom. The van der Waals surface area contributed by atoms with Gasteiger partial charge in [-0.05, 0) is 31.9 Å². The standard InChI is InChI=1S/C21H24N2O3/c1-4-26-21(25)15(2)16(3)22-23-20(24)19(17-11-7-5-8-12-17)18-13-9-6-10-14-18/h5-15,19H,4H2,1-3H3,(H,23,24)/b22-16-/t15-/m1/s1. The molecule has 5 heteroatoms. The van der Waals surface area contributed by atoms with Gasteiger partial charge in [0.05, 0.1) is 18.4 Å². The van der Waals surface area contributed by atoms with Crippen molar-refractivity contribution in [3.63, 3.8) is 0 Å². The molecule has 5 nitrogen and oxygen atoms in total. The Morgan fingerprint density at radius 3 is 1.96 bits per heavy atom. The van der Waals surface area contributed by atoms with E-state index in [2.05, 4.69) is 10.5 Å². The molecule has 2 aromatic carbocycles. The van der Waals surface area contributed by atoms with Crippen LogP contribution in [0.5, 0.6) is 0 Å². The molecule has 0 fully saturated rings. The SMILES string of the molecule is CCOC(=O)[C@H](C)/C(C)=N\NC(=O)C(c1ccccc1)c1ccccc1. The predicted octanol–water partition coefficient (Wildman–Crippen LogP) is 3.51. The topological polar surface area (TPSA) is 67.8 Å². The molecule has 0 aromatic heterocycles. The fraction of sp³-hybridized carbons (Fsp3) is 0.286. The van der Waals surface area contributed by atoms with E-state index in [1.54, 1.807) is 20.8 Å². The summed E-state index contributed by atoms with van der Waals surface area (Å²) in [5.74, 6) is -1.60. The van der Waals surface area contributed by atoms with Crippen LogP contribution in [0.15, 0.2) is 65.8 Å². The average Bonchev–Trinajstić information content (AvgIpc) is 2.67. The molecule has 1 amide bonds. The highest BCUT2D eigenvalue weighted by Gasteiger charge is 2.23. The van der Waals surface area contributed by atoms with Crippen LogP contribution in [0.25, 0.3) is 0 Å². The van der Waals surface area contributed by atoms with Crippen molar-refractivity contribution >= 4 is 17.6 Å². The molecular formula is C21H24N2O3. The molecule has 0 heterocycles. The molecule has 0 bridgehead atoms. The van der Waals surface area contributed by atoms with Crippen LogP contribution in [0, 0.1) is 5.92 Å². The highest BCUT2D eigenvalue weighted by Crippen LogP contribution is 2.24. The zero-order valence-corrected chi connectivity index (χ0v) is 15.3. The third-order valence-corrected chi connectivity index (χ3v) is 4.14. The number of nitrogens with one attached hydrogen (secondary N) is 1. The minimum Gasteiger partial charge on any atom is -0.465 e. The van der Waals surface area contributed by atoms with E-state index in [0.717, 1.165) is 11.1 Å². The van der Waals surface area contributed by atoms with E-state index < -0.39 is 11.8 Å². The van der Waals surface area contributed by atoms with Crippen LogP contribution in [0.1, 0.15) is 37.8 Å². The molecule has 0 aliphatic heterocycles. The molecule has 0 unspecified atom stereocenters. The second-order valence-corrected chi connectivity index (χ2v) is 5.96. The molecule has 0 saturated carbocycles. The molecular weight excluding hydrogens is 328 g/mol. The molecule has 0 radical (unpaired) electrons. The van der Waals surface area contributed by atoms with Gasteiger partial charge >= 0.3 is 5.97 Å². The highest BCUT2D eigenvalue weighted by molar-refractivity contribution is 6.01. The van der Waals surface area contributed by atoms with Crippen LogP contribution in [-0.4, -0.2) is 24.2 Å². The first-order valence-electron chi connectivity index (χ1n) is 8.65. The molecule has 2 aromatic rings. The van der Waals surface area contributed by atoms with Crippen LogP contribution >= 0.6 is 0 Å². The van der Waals surface area contributed by atoms with Gasteiger partial charge in [-0.15, -0.1) is 0 Å². The Bertz CT molecular complexity index is 718. The second kappa shape index (κ2) is 9.51. The summed E-state index contributed by atoms with van der Waals surface area (Å²) in [4.78, 5) is 24.6. The first kappa shape index (κ1) is 19.4. The van der Waals surface area contributed by atoms with Crippen molar-refractivity contribution in [2.24, 2.45) is 11.0 Å². The summed E-state index contributed by atoms with van der Waals surface area (Å²) in [6.07, 6.45) is 0. The summed E-state index contributed by atoms with van der Waals surface area (Å²) in [5, 5.41) is 4.12. The summed E-state index contributed by atoms with van der Waals surface area (Å²) in [6.45, 7) is 5.47. The van der Waals surface area contributed by atoms with Crippen LogP contribution < -0.4 is 5.43 Å². The van der Waals surface area contributed by atoms with E-state index in [1.165, 1.54) is 0 Å². The third-order valence-electron chi connectivity index (χ3n) is 4.14. The highest BCUT2D eigenvalue weighted by atomic mass is 16.5. The molecule has 0 aliphatic carbocycles. The summed E-state index contributed by atoms with van der Waals surface area (Å²) < 4.78 is 4.99. The lowest BCUT2D eigenvalue weighted by molar-refractivity contribution is -0.145. The largest absolute Gasteiger partial charge is 0.465 e. The van der Waals surface area contributed by atoms with Gasteiger partial charge in [0, 0.05) is 5.71 Å². The van der Waals surface area contributed by atoms with Gasteiger partial charge in [-0.2, -0.15) is 5.10 Å². The number of amides is 1. The predicted molar refractivity (Wildman–Crippen MR) is 102 cm³/mol. The smallest absolute Gasteiger partial charge is 0.314 e. The minimum atomic E-state index is -0.512. The first-order chi connectivity index (χ1) is 12.5. The molecule has 2 rings (SSSR count). The van der Waals surface area contributed by atoms with Crippen molar-refractivity contribution in [3.05, 3.63) is 71.8 Å². The van der Waals surface area contributed by atoms with Crippen molar-refractivity contribution in [3.8, 4) is 0 Å². The van der Waals surface area contributed by atoms with E-state index in [1.807, 2.05) is 60.7 Å². The number of carbonyl (C=O) groups is 2. The molecule has 0 saturated heterocycles. The summed E-state index contributed by atoms with van der Waals surface area (Å²) in [6, 6.07) is 19.1. The van der Waals surface area contributed by atoms with Gasteiger partial charge in [0.15, 0.2) is 0 Å². The van der Waals surface area contributed by atoms with Crippen molar-refractivity contribution in [2.75, 3.05) is 6.61 Å². The number of hydrazone groups is 1. The number of hydrogen-bond donors (Lipinski definition) is 1. The Morgan fingerprint density at radius 1 is 1.00 bits per heavy atom. The van der Waals surface area contributed by atoms with Crippen LogP contribution in [-0.2, 0) is 14.3 Å². The summed E-state index contributed by atoms with van der Waals surface area (Å²) in [5.41, 5.74) is 4.85. The maximum Gasteiger partial charge on any atom is 0.314 e. The van der Waals surface area contributed by atoms with Gasteiger partial charge in [-0.25, -0.2) is 5.43 Å². The quantitative estimate of drug-likeness (QED) is 0.471. The van der Waals surface area contributed by atoms with Crippen LogP contribution in [0.4, 0.5) is 0 Å². The van der Waals surface area contributed by atoms with Crippen molar-refractivity contribution in [1.82, 2.24) is 5.43 Å². The summed E-state index contributed by atoms with van der Waals surface area (Å²) in [7, 11) is 0. The number of benzene rings is 2. The normalized spacial score (nSPS) is 12.5. The van der Waals surface area contributed by atoms with E-state index in [9.17, 15) is 9.59 Å². The lowest BCUT2D eigenvalue weighted by Gasteiger charge is -2.17. The maximum atomic E-state index is 12.8. The Balaban J connectivity index is 2.20. The van der Waals surface area contributed by atoms with Crippen LogP contribution in [0.2, 0.25) is 0 Å². The number of ether oxygens (including phenoxy) is 1. The Hall–Kier alpha value is -2.95. The monoisotopic (exact) mass is 352 g/mol. The Kier molecular flexibility index (Phi) is 7.09. The average molecular weight is 352 g/mol. The number of nitrogens with zero attached hydrogens (tertiary/aromatic N) is 1. The minimum absolute atomic E-state index is 0.252. The second-order valence-electron chi connectivity index (χ2n) is 5.96.